The van der Waals surface area contributed by atoms with Crippen LogP contribution in [-0.4, -0.2) is 20.8 Å². The summed E-state index contributed by atoms with van der Waals surface area (Å²) < 4.78 is 1.73. The van der Waals surface area contributed by atoms with Crippen molar-refractivity contribution in [1.29, 1.82) is 0 Å². The van der Waals surface area contributed by atoms with Crippen molar-refractivity contribution in [2.75, 3.05) is 6.54 Å². The van der Waals surface area contributed by atoms with Crippen LogP contribution in [0.1, 0.15) is 29.5 Å². The average molecular weight is 394 g/mol. The number of thiophene rings is 1. The van der Waals surface area contributed by atoms with Crippen LogP contribution in [0.4, 0.5) is 0 Å². The monoisotopic (exact) mass is 393 g/mol. The largest absolute Gasteiger partial charge is 0.290 e. The van der Waals surface area contributed by atoms with E-state index in [9.17, 15) is 4.79 Å². The van der Waals surface area contributed by atoms with Crippen molar-refractivity contribution in [2.24, 2.45) is 0 Å². The molecule has 1 aliphatic rings. The zero-order valence-corrected chi connectivity index (χ0v) is 16.4. The highest BCUT2D eigenvalue weighted by molar-refractivity contribution is 7.15. The van der Waals surface area contributed by atoms with Crippen LogP contribution in [0.2, 0.25) is 0 Å². The van der Waals surface area contributed by atoms with Crippen LogP contribution in [0, 0.1) is 0 Å². The van der Waals surface area contributed by atoms with Crippen molar-refractivity contribution in [3.05, 3.63) is 80.2 Å². The van der Waals surface area contributed by atoms with Crippen molar-refractivity contribution >= 4 is 27.6 Å². The van der Waals surface area contributed by atoms with Crippen LogP contribution >= 0.6 is 22.7 Å². The van der Waals surface area contributed by atoms with Gasteiger partial charge in [0.25, 0.3) is 5.56 Å². The average Bonchev–Trinajstić information content (AvgIpc) is 3.42. The molecule has 1 aromatic carbocycles. The summed E-state index contributed by atoms with van der Waals surface area (Å²) in [6, 6.07) is 16.5. The Morgan fingerprint density at radius 2 is 2.00 bits per heavy atom. The molecule has 0 aliphatic carbocycles. The molecule has 4 nitrogen and oxygen atoms in total. The minimum atomic E-state index is 0.00183. The number of thiazole rings is 1. The van der Waals surface area contributed by atoms with Gasteiger partial charge in [0, 0.05) is 28.9 Å². The maximum atomic E-state index is 12.9. The number of benzene rings is 1. The number of fused-ring (bicyclic) bond motifs is 1. The SMILES string of the molecule is O=c1cc(CN2CCCC2c2cccs2)nc2scc(-c3ccccc3)n12. The second-order valence-electron chi connectivity index (χ2n) is 6.83. The molecule has 0 amide bonds. The van der Waals surface area contributed by atoms with Crippen molar-refractivity contribution in [3.63, 3.8) is 0 Å². The molecule has 0 saturated carbocycles. The first-order valence-electron chi connectivity index (χ1n) is 9.12. The number of rotatable bonds is 4. The van der Waals surface area contributed by atoms with Gasteiger partial charge in [0.05, 0.1) is 11.4 Å². The standard InChI is InChI=1S/C21H19N3OS2/c25-20-12-16(13-23-10-4-8-17(23)19-9-5-11-26-19)22-21-24(20)18(14-27-21)15-6-2-1-3-7-15/h1-3,5-7,9,11-12,14,17H,4,8,10,13H2. The molecule has 136 valence electrons. The van der Waals surface area contributed by atoms with Gasteiger partial charge in [0.1, 0.15) is 0 Å². The van der Waals surface area contributed by atoms with Gasteiger partial charge in [-0.1, -0.05) is 36.4 Å². The third kappa shape index (κ3) is 3.14. The Morgan fingerprint density at radius 3 is 2.81 bits per heavy atom. The summed E-state index contributed by atoms with van der Waals surface area (Å²) in [5.41, 5.74) is 2.82. The third-order valence-electron chi connectivity index (χ3n) is 5.13. The quantitative estimate of drug-likeness (QED) is 0.499. The third-order valence-corrected chi connectivity index (χ3v) is 6.93. The van der Waals surface area contributed by atoms with E-state index in [1.165, 1.54) is 29.1 Å². The van der Waals surface area contributed by atoms with Crippen molar-refractivity contribution in [2.45, 2.75) is 25.4 Å². The predicted molar refractivity (Wildman–Crippen MR) is 111 cm³/mol. The number of hydrogen-bond donors (Lipinski definition) is 0. The first-order valence-corrected chi connectivity index (χ1v) is 10.9. The minimum absolute atomic E-state index is 0.00183. The zero-order valence-electron chi connectivity index (χ0n) is 14.7. The number of likely N-dealkylation sites (tertiary alicyclic amines) is 1. The van der Waals surface area contributed by atoms with E-state index in [4.69, 9.17) is 4.98 Å². The highest BCUT2D eigenvalue weighted by Crippen LogP contribution is 2.35. The van der Waals surface area contributed by atoms with Crippen LogP contribution in [0.5, 0.6) is 0 Å². The molecule has 3 aromatic heterocycles. The van der Waals surface area contributed by atoms with Gasteiger partial charge in [-0.25, -0.2) is 4.98 Å². The molecular weight excluding hydrogens is 374 g/mol. The van der Waals surface area contributed by atoms with Crippen molar-refractivity contribution in [1.82, 2.24) is 14.3 Å². The molecule has 1 unspecified atom stereocenters. The summed E-state index contributed by atoms with van der Waals surface area (Å²) in [5.74, 6) is 0. The maximum Gasteiger partial charge on any atom is 0.259 e. The first kappa shape index (κ1) is 16.9. The van der Waals surface area contributed by atoms with E-state index >= 15 is 0 Å². The summed E-state index contributed by atoms with van der Waals surface area (Å²) >= 11 is 3.34. The fraction of sp³-hybridized carbons (Fsp3) is 0.238. The Hall–Kier alpha value is -2.28. The summed E-state index contributed by atoms with van der Waals surface area (Å²) in [5, 5.41) is 4.16. The van der Waals surface area contributed by atoms with Crippen molar-refractivity contribution in [3.8, 4) is 11.3 Å². The lowest BCUT2D eigenvalue weighted by Gasteiger charge is -2.23. The van der Waals surface area contributed by atoms with Gasteiger partial charge < -0.3 is 0 Å². The van der Waals surface area contributed by atoms with Crippen molar-refractivity contribution < 1.29 is 0 Å². The van der Waals surface area contributed by atoms with Gasteiger partial charge in [-0.2, -0.15) is 0 Å². The van der Waals surface area contributed by atoms with Gasteiger partial charge >= 0.3 is 0 Å². The van der Waals surface area contributed by atoms with Crippen LogP contribution < -0.4 is 5.56 Å². The Labute approximate surface area is 165 Å². The first-order chi connectivity index (χ1) is 13.3. The molecule has 5 rings (SSSR count). The maximum absolute atomic E-state index is 12.9. The Morgan fingerprint density at radius 1 is 1.11 bits per heavy atom. The van der Waals surface area contributed by atoms with Gasteiger partial charge in [0.15, 0.2) is 4.96 Å². The van der Waals surface area contributed by atoms with E-state index in [0.717, 1.165) is 35.0 Å². The number of aromatic nitrogens is 2. The van der Waals surface area contributed by atoms with Crippen LogP contribution in [0.3, 0.4) is 0 Å². The van der Waals surface area contributed by atoms with Crippen LogP contribution in [0.25, 0.3) is 16.2 Å². The molecule has 1 fully saturated rings. The van der Waals surface area contributed by atoms with Gasteiger partial charge in [-0.15, -0.1) is 22.7 Å². The molecule has 27 heavy (non-hydrogen) atoms. The van der Waals surface area contributed by atoms with Gasteiger partial charge in [0.2, 0.25) is 0 Å². The summed E-state index contributed by atoms with van der Waals surface area (Å²) in [7, 11) is 0. The Kier molecular flexibility index (Phi) is 4.39. The van der Waals surface area contributed by atoms with E-state index in [0.29, 0.717) is 6.04 Å². The number of hydrogen-bond acceptors (Lipinski definition) is 5. The molecule has 0 spiro atoms. The van der Waals surface area contributed by atoms with E-state index in [2.05, 4.69) is 22.4 Å². The van der Waals surface area contributed by atoms with Crippen LogP contribution in [-0.2, 0) is 6.54 Å². The highest BCUT2D eigenvalue weighted by atomic mass is 32.1. The smallest absolute Gasteiger partial charge is 0.259 e. The van der Waals surface area contributed by atoms with Gasteiger partial charge in [-0.3, -0.25) is 14.1 Å². The summed E-state index contributed by atoms with van der Waals surface area (Å²) in [4.78, 5) is 22.3. The second kappa shape index (κ2) is 7.03. The topological polar surface area (TPSA) is 37.6 Å². The van der Waals surface area contributed by atoms with E-state index < -0.39 is 0 Å². The summed E-state index contributed by atoms with van der Waals surface area (Å²) in [6.07, 6.45) is 2.37. The van der Waals surface area contributed by atoms with E-state index in [-0.39, 0.29) is 5.56 Å². The molecular formula is C21H19N3OS2. The van der Waals surface area contributed by atoms with Crippen LogP contribution in [0.15, 0.2) is 64.1 Å². The lowest BCUT2D eigenvalue weighted by atomic mass is 10.2. The fourth-order valence-electron chi connectivity index (χ4n) is 3.88. The molecule has 0 radical (unpaired) electrons. The molecule has 1 aliphatic heterocycles. The molecule has 4 aromatic rings. The normalized spacial score (nSPS) is 17.7. The molecule has 0 bridgehead atoms. The molecule has 0 N–H and O–H groups in total. The lowest BCUT2D eigenvalue weighted by Crippen LogP contribution is -2.24. The summed E-state index contributed by atoms with van der Waals surface area (Å²) in [6.45, 7) is 1.79. The zero-order chi connectivity index (χ0) is 18.2. The Balaban J connectivity index is 1.48. The molecule has 4 heterocycles. The molecule has 1 saturated heterocycles. The second-order valence-corrected chi connectivity index (χ2v) is 8.65. The minimum Gasteiger partial charge on any atom is -0.290 e. The molecule has 6 heteroatoms. The molecule has 1 atom stereocenters. The fourth-order valence-corrected chi connectivity index (χ4v) is 5.70. The van der Waals surface area contributed by atoms with E-state index in [1.54, 1.807) is 10.5 Å². The predicted octanol–water partition coefficient (Wildman–Crippen LogP) is 4.82. The Bertz CT molecular complexity index is 1120. The number of nitrogens with zero attached hydrogens (tertiary/aromatic N) is 3. The van der Waals surface area contributed by atoms with E-state index in [1.807, 2.05) is 47.0 Å². The highest BCUT2D eigenvalue weighted by Gasteiger charge is 2.27. The van der Waals surface area contributed by atoms with Gasteiger partial charge in [-0.05, 0) is 36.4 Å². The lowest BCUT2D eigenvalue weighted by molar-refractivity contribution is 0.248.